The first-order valence-electron chi connectivity index (χ1n) is 4.52. The zero-order chi connectivity index (χ0) is 12.2. The highest BCUT2D eigenvalue weighted by atomic mass is 19.4. The van der Waals surface area contributed by atoms with Gasteiger partial charge in [-0.25, -0.2) is 4.39 Å². The van der Waals surface area contributed by atoms with Crippen LogP contribution in [0.5, 0.6) is 0 Å². The van der Waals surface area contributed by atoms with Gasteiger partial charge in [0.1, 0.15) is 0 Å². The molecule has 0 fully saturated rings. The van der Waals surface area contributed by atoms with E-state index in [1.165, 1.54) is 12.1 Å². The lowest BCUT2D eigenvalue weighted by molar-refractivity contribution is -0.137. The summed E-state index contributed by atoms with van der Waals surface area (Å²) in [6.45, 7) is -0.507. The third kappa shape index (κ3) is 3.34. The van der Waals surface area contributed by atoms with Crippen molar-refractivity contribution in [2.75, 3.05) is 6.61 Å². The van der Waals surface area contributed by atoms with E-state index in [1.807, 2.05) is 0 Å². The fourth-order valence-electron chi connectivity index (χ4n) is 1.25. The van der Waals surface area contributed by atoms with Gasteiger partial charge in [0, 0.05) is 0 Å². The average molecular weight is 234 g/mol. The third-order valence-electron chi connectivity index (χ3n) is 2.04. The number of aliphatic hydroxyl groups is 1. The minimum absolute atomic E-state index is 0.0308. The molecule has 0 aliphatic rings. The van der Waals surface area contributed by atoms with Crippen LogP contribution < -0.4 is 0 Å². The molecule has 1 aromatic carbocycles. The highest BCUT2D eigenvalue weighted by Crippen LogP contribution is 2.29. The molecule has 0 amide bonds. The molecule has 0 saturated carbocycles. The zero-order valence-corrected chi connectivity index (χ0v) is 8.26. The third-order valence-corrected chi connectivity index (χ3v) is 2.04. The van der Waals surface area contributed by atoms with Crippen LogP contribution >= 0.6 is 0 Å². The first-order valence-corrected chi connectivity index (χ1v) is 4.52. The maximum absolute atomic E-state index is 12.3. The van der Waals surface area contributed by atoms with Crippen molar-refractivity contribution < 1.29 is 22.7 Å². The molecule has 1 N–H and O–H groups in total. The van der Waals surface area contributed by atoms with Gasteiger partial charge in [-0.05, 0) is 23.6 Å². The van der Waals surface area contributed by atoms with E-state index in [0.29, 0.717) is 5.56 Å². The summed E-state index contributed by atoms with van der Waals surface area (Å²) in [6.07, 6.45) is -4.23. The number of alkyl halides is 3. The summed E-state index contributed by atoms with van der Waals surface area (Å²) in [5.74, 6) is 0. The first-order chi connectivity index (χ1) is 7.47. The van der Waals surface area contributed by atoms with Gasteiger partial charge in [0.15, 0.2) is 0 Å². The van der Waals surface area contributed by atoms with Crippen molar-refractivity contribution in [3.63, 3.8) is 0 Å². The number of hydrogen-bond acceptors (Lipinski definition) is 1. The first kappa shape index (κ1) is 12.7. The molecule has 16 heavy (non-hydrogen) atoms. The molecule has 1 rings (SSSR count). The molecule has 0 aliphatic heterocycles. The predicted molar refractivity (Wildman–Crippen MR) is 51.4 cm³/mol. The Morgan fingerprint density at radius 2 is 2.00 bits per heavy atom. The summed E-state index contributed by atoms with van der Waals surface area (Å²) in [7, 11) is 0. The van der Waals surface area contributed by atoms with Crippen LogP contribution in [0.2, 0.25) is 0 Å². The van der Waals surface area contributed by atoms with Crippen molar-refractivity contribution in [1.29, 1.82) is 0 Å². The van der Waals surface area contributed by atoms with Crippen molar-refractivity contribution in [1.82, 2.24) is 0 Å². The lowest BCUT2D eigenvalue weighted by Gasteiger charge is -2.09. The second kappa shape index (κ2) is 5.12. The Labute approximate surface area is 90.0 Å². The number of aliphatic hydroxyl groups excluding tert-OH is 1. The van der Waals surface area contributed by atoms with Crippen LogP contribution in [0.3, 0.4) is 0 Å². The Hall–Kier alpha value is -1.36. The number of rotatable bonds is 3. The van der Waals surface area contributed by atoms with Crippen LogP contribution in [0.15, 0.2) is 36.2 Å². The average Bonchev–Trinajstić information content (AvgIpc) is 2.25. The van der Waals surface area contributed by atoms with Crippen LogP contribution in [0.4, 0.5) is 17.6 Å². The second-order valence-corrected chi connectivity index (χ2v) is 3.30. The largest absolute Gasteiger partial charge is 0.416 e. The Morgan fingerprint density at radius 1 is 1.31 bits per heavy atom. The molecule has 0 atom stereocenters. The molecule has 1 aromatic rings. The Balaban J connectivity index is 2.91. The van der Waals surface area contributed by atoms with Gasteiger partial charge in [-0.1, -0.05) is 18.2 Å². The van der Waals surface area contributed by atoms with Crippen molar-refractivity contribution in [3.05, 3.63) is 47.3 Å². The second-order valence-electron chi connectivity index (χ2n) is 3.30. The summed E-state index contributed by atoms with van der Waals surface area (Å²) in [5.41, 5.74) is -0.423. The van der Waals surface area contributed by atoms with Gasteiger partial charge in [-0.15, -0.1) is 0 Å². The van der Waals surface area contributed by atoms with E-state index in [-0.39, 0.29) is 18.3 Å². The van der Waals surface area contributed by atoms with Gasteiger partial charge in [-0.2, -0.15) is 13.2 Å². The molecular weight excluding hydrogens is 224 g/mol. The lowest BCUT2D eigenvalue weighted by Crippen LogP contribution is -2.05. The smallest absolute Gasteiger partial charge is 0.392 e. The van der Waals surface area contributed by atoms with Crippen LogP contribution in [-0.2, 0) is 12.6 Å². The van der Waals surface area contributed by atoms with Gasteiger partial charge in [0.05, 0.1) is 18.5 Å². The van der Waals surface area contributed by atoms with E-state index in [1.54, 1.807) is 0 Å². The molecule has 0 unspecified atom stereocenters. The van der Waals surface area contributed by atoms with Crippen molar-refractivity contribution in [2.24, 2.45) is 0 Å². The van der Waals surface area contributed by atoms with Gasteiger partial charge in [0.25, 0.3) is 0 Å². The number of hydrogen-bond donors (Lipinski definition) is 1. The molecule has 0 heterocycles. The highest BCUT2D eigenvalue weighted by Gasteiger charge is 2.30. The van der Waals surface area contributed by atoms with Gasteiger partial charge in [-0.3, -0.25) is 0 Å². The van der Waals surface area contributed by atoms with Gasteiger partial charge in [0.2, 0.25) is 0 Å². The highest BCUT2D eigenvalue weighted by molar-refractivity contribution is 5.28. The fraction of sp³-hybridized carbons (Fsp3) is 0.273. The zero-order valence-electron chi connectivity index (χ0n) is 8.26. The number of benzene rings is 1. The van der Waals surface area contributed by atoms with E-state index < -0.39 is 18.3 Å². The summed E-state index contributed by atoms with van der Waals surface area (Å²) >= 11 is 0. The molecule has 0 radical (unpaired) electrons. The Bertz CT molecular complexity index is 382. The molecule has 1 nitrogen and oxygen atoms in total. The Kier molecular flexibility index (Phi) is 4.06. The van der Waals surface area contributed by atoms with E-state index in [2.05, 4.69) is 0 Å². The quantitative estimate of drug-likeness (QED) is 0.797. The van der Waals surface area contributed by atoms with Crippen LogP contribution in [0, 0.1) is 0 Å². The van der Waals surface area contributed by atoms with E-state index in [4.69, 9.17) is 5.11 Å². The maximum atomic E-state index is 12.3. The molecule has 0 spiro atoms. The van der Waals surface area contributed by atoms with Crippen LogP contribution in [0.25, 0.3) is 0 Å². The summed E-state index contributed by atoms with van der Waals surface area (Å²) in [4.78, 5) is 0. The number of halogens is 4. The topological polar surface area (TPSA) is 20.2 Å². The predicted octanol–water partition coefficient (Wildman–Crippen LogP) is 3.09. The molecule has 0 bridgehead atoms. The van der Waals surface area contributed by atoms with Crippen LogP contribution in [-0.4, -0.2) is 11.7 Å². The SMILES string of the molecule is OCC(=CF)Cc1cccc(C(F)(F)F)c1. The van der Waals surface area contributed by atoms with E-state index in [9.17, 15) is 17.6 Å². The van der Waals surface area contributed by atoms with Gasteiger partial charge < -0.3 is 5.11 Å². The van der Waals surface area contributed by atoms with E-state index in [0.717, 1.165) is 12.1 Å². The normalized spacial score (nSPS) is 12.9. The monoisotopic (exact) mass is 234 g/mol. The van der Waals surface area contributed by atoms with Crippen molar-refractivity contribution in [3.8, 4) is 0 Å². The molecule has 5 heteroatoms. The fourth-order valence-corrected chi connectivity index (χ4v) is 1.25. The lowest BCUT2D eigenvalue weighted by atomic mass is 10.0. The molecule has 88 valence electrons. The van der Waals surface area contributed by atoms with Crippen molar-refractivity contribution >= 4 is 0 Å². The minimum atomic E-state index is -4.41. The van der Waals surface area contributed by atoms with E-state index >= 15 is 0 Å². The molecule has 0 saturated heterocycles. The molecular formula is C11H10F4O. The maximum Gasteiger partial charge on any atom is 0.416 e. The summed E-state index contributed by atoms with van der Waals surface area (Å²) in [6, 6.07) is 4.60. The summed E-state index contributed by atoms with van der Waals surface area (Å²) < 4.78 is 49.1. The molecule has 0 aromatic heterocycles. The summed E-state index contributed by atoms with van der Waals surface area (Å²) in [5, 5.41) is 8.69. The van der Waals surface area contributed by atoms with Crippen molar-refractivity contribution in [2.45, 2.75) is 12.6 Å². The molecule has 0 aliphatic carbocycles. The standard InChI is InChI=1S/C11H10F4O/c12-6-9(7-16)4-8-2-1-3-10(5-8)11(13,14)15/h1-3,5-6,16H,4,7H2. The van der Waals surface area contributed by atoms with Gasteiger partial charge >= 0.3 is 6.18 Å². The minimum Gasteiger partial charge on any atom is -0.392 e. The van der Waals surface area contributed by atoms with Crippen LogP contribution in [0.1, 0.15) is 11.1 Å². The Morgan fingerprint density at radius 3 is 2.50 bits per heavy atom.